The molecule has 0 fully saturated rings. The van der Waals surface area contributed by atoms with E-state index < -0.39 is 0 Å². The van der Waals surface area contributed by atoms with Crippen molar-refractivity contribution in [3.63, 3.8) is 0 Å². The monoisotopic (exact) mass is 240 g/mol. The molecule has 2 heterocycles. The second-order valence-corrected chi connectivity index (χ2v) is 4.36. The number of amides is 1. The molecular weight excluding hydrogens is 228 g/mol. The molecule has 0 saturated carbocycles. The molecule has 5 nitrogen and oxygen atoms in total. The third kappa shape index (κ3) is 1.85. The molecule has 6 heteroatoms. The molecule has 86 valence electrons. The number of carbonyl (C=O) groups excluding carboxylic acids is 1. The summed E-state index contributed by atoms with van der Waals surface area (Å²) in [5, 5.41) is 0.720. The minimum atomic E-state index is -0.388. The second-order valence-electron chi connectivity index (χ2n) is 3.20. The number of hydrogen-bond donors (Lipinski definition) is 0. The van der Waals surface area contributed by atoms with E-state index in [-0.39, 0.29) is 11.5 Å². The third-order valence-electron chi connectivity index (χ3n) is 2.23. The maximum Gasteiger partial charge on any atom is 0.415 e. The smallest absolute Gasteiger partial charge is 0.415 e. The van der Waals surface area contributed by atoms with Crippen LogP contribution >= 0.6 is 11.8 Å². The Morgan fingerprint density at radius 3 is 3.12 bits per heavy atom. The molecule has 0 N–H and O–H groups in total. The number of anilines is 1. The Morgan fingerprint density at radius 2 is 2.44 bits per heavy atom. The number of rotatable bonds is 2. The molecule has 1 aliphatic heterocycles. The highest BCUT2D eigenvalue weighted by Gasteiger charge is 2.36. The normalized spacial score (nSPS) is 18.4. The van der Waals surface area contributed by atoms with Gasteiger partial charge in [0, 0.05) is 13.3 Å². The fraction of sp³-hybridized carbons (Fsp3) is 0.400. The molecule has 0 aliphatic carbocycles. The SMILES string of the molecule is COCC1Sc2ncccc2N1C(=O)OC. The first-order valence-electron chi connectivity index (χ1n) is 4.75. The van der Waals surface area contributed by atoms with Gasteiger partial charge in [0.15, 0.2) is 0 Å². The molecule has 1 atom stereocenters. The van der Waals surface area contributed by atoms with Gasteiger partial charge in [0.2, 0.25) is 0 Å². The summed E-state index contributed by atoms with van der Waals surface area (Å²) in [4.78, 5) is 17.5. The summed E-state index contributed by atoms with van der Waals surface area (Å²) >= 11 is 1.50. The molecule has 1 amide bonds. The molecule has 0 saturated heterocycles. The molecule has 2 rings (SSSR count). The van der Waals surface area contributed by atoms with Crippen molar-refractivity contribution < 1.29 is 14.3 Å². The number of nitrogens with zero attached hydrogens (tertiary/aromatic N) is 2. The lowest BCUT2D eigenvalue weighted by Crippen LogP contribution is -2.38. The first-order chi connectivity index (χ1) is 7.77. The zero-order valence-corrected chi connectivity index (χ0v) is 9.86. The van der Waals surface area contributed by atoms with E-state index in [2.05, 4.69) is 4.98 Å². The van der Waals surface area contributed by atoms with Crippen molar-refractivity contribution in [2.75, 3.05) is 25.7 Å². The minimum absolute atomic E-state index is 0.109. The molecule has 0 bridgehead atoms. The van der Waals surface area contributed by atoms with Crippen LogP contribution in [0.15, 0.2) is 23.4 Å². The van der Waals surface area contributed by atoms with Crippen molar-refractivity contribution >= 4 is 23.5 Å². The van der Waals surface area contributed by atoms with Gasteiger partial charge in [-0.3, -0.25) is 4.90 Å². The Kier molecular flexibility index (Phi) is 3.31. The van der Waals surface area contributed by atoms with Crippen LogP contribution in [0.1, 0.15) is 0 Å². The lowest BCUT2D eigenvalue weighted by atomic mass is 10.4. The first-order valence-corrected chi connectivity index (χ1v) is 5.63. The maximum atomic E-state index is 11.7. The van der Waals surface area contributed by atoms with Crippen LogP contribution in [0.5, 0.6) is 0 Å². The number of fused-ring (bicyclic) bond motifs is 1. The largest absolute Gasteiger partial charge is 0.452 e. The van der Waals surface area contributed by atoms with Gasteiger partial charge in [-0.2, -0.15) is 0 Å². The number of methoxy groups -OCH3 is 2. The molecular formula is C10H12N2O3S. The number of carbonyl (C=O) groups is 1. The van der Waals surface area contributed by atoms with E-state index in [9.17, 15) is 4.79 Å². The highest BCUT2D eigenvalue weighted by atomic mass is 32.2. The summed E-state index contributed by atoms with van der Waals surface area (Å²) in [6, 6.07) is 3.65. The summed E-state index contributed by atoms with van der Waals surface area (Å²) in [7, 11) is 2.97. The lowest BCUT2D eigenvalue weighted by Gasteiger charge is -2.21. The average Bonchev–Trinajstić information content (AvgIpc) is 2.66. The molecule has 1 aromatic heterocycles. The van der Waals surface area contributed by atoms with Crippen LogP contribution in [0, 0.1) is 0 Å². The number of thioether (sulfide) groups is 1. The number of aromatic nitrogens is 1. The predicted molar refractivity (Wildman–Crippen MR) is 60.6 cm³/mol. The van der Waals surface area contributed by atoms with Crippen molar-refractivity contribution in [2.45, 2.75) is 10.4 Å². The molecule has 0 spiro atoms. The number of ether oxygens (including phenoxy) is 2. The quantitative estimate of drug-likeness (QED) is 0.788. The van der Waals surface area contributed by atoms with Crippen LogP contribution in [-0.2, 0) is 9.47 Å². The predicted octanol–water partition coefficient (Wildman–Crippen LogP) is 1.73. The topological polar surface area (TPSA) is 51.7 Å². The molecule has 1 aliphatic rings. The summed E-state index contributed by atoms with van der Waals surface area (Å²) in [6.45, 7) is 0.441. The van der Waals surface area contributed by atoms with E-state index in [1.807, 2.05) is 6.07 Å². The van der Waals surface area contributed by atoms with Gasteiger partial charge in [-0.15, -0.1) is 0 Å². The highest BCUT2D eigenvalue weighted by Crippen LogP contribution is 2.41. The molecule has 16 heavy (non-hydrogen) atoms. The average molecular weight is 240 g/mol. The summed E-state index contributed by atoms with van der Waals surface area (Å²) in [6.07, 6.45) is 1.32. The van der Waals surface area contributed by atoms with E-state index in [4.69, 9.17) is 9.47 Å². The van der Waals surface area contributed by atoms with Crippen LogP contribution in [0.2, 0.25) is 0 Å². The molecule has 0 radical (unpaired) electrons. The molecule has 1 aromatic rings. The Morgan fingerprint density at radius 1 is 1.62 bits per heavy atom. The second kappa shape index (κ2) is 4.71. The zero-order valence-electron chi connectivity index (χ0n) is 9.04. The summed E-state index contributed by atoms with van der Waals surface area (Å²) in [5.41, 5.74) is 0.779. The standard InChI is InChI=1S/C10H12N2O3S/c1-14-6-8-12(10(13)15-2)7-4-3-5-11-9(7)16-8/h3-5,8H,6H2,1-2H3. The van der Waals surface area contributed by atoms with Crippen LogP contribution in [0.3, 0.4) is 0 Å². The van der Waals surface area contributed by atoms with E-state index >= 15 is 0 Å². The van der Waals surface area contributed by atoms with Crippen LogP contribution in [-0.4, -0.2) is 37.3 Å². The minimum Gasteiger partial charge on any atom is -0.452 e. The highest BCUT2D eigenvalue weighted by molar-refractivity contribution is 8.00. The van der Waals surface area contributed by atoms with Crippen molar-refractivity contribution in [3.05, 3.63) is 18.3 Å². The fourth-order valence-electron chi connectivity index (χ4n) is 1.56. The Balaban J connectivity index is 2.32. The van der Waals surface area contributed by atoms with Crippen LogP contribution in [0.25, 0.3) is 0 Å². The van der Waals surface area contributed by atoms with Gasteiger partial charge in [-0.1, -0.05) is 11.8 Å². The summed E-state index contributed by atoms with van der Waals surface area (Å²) in [5.74, 6) is 0. The van der Waals surface area contributed by atoms with Gasteiger partial charge in [-0.05, 0) is 12.1 Å². The number of pyridine rings is 1. The van der Waals surface area contributed by atoms with E-state index in [0.717, 1.165) is 10.7 Å². The van der Waals surface area contributed by atoms with Crippen molar-refractivity contribution in [3.8, 4) is 0 Å². The first kappa shape index (κ1) is 11.2. The van der Waals surface area contributed by atoms with Gasteiger partial charge < -0.3 is 9.47 Å². The van der Waals surface area contributed by atoms with Gasteiger partial charge in [-0.25, -0.2) is 9.78 Å². The maximum absolute atomic E-state index is 11.7. The van der Waals surface area contributed by atoms with Crippen molar-refractivity contribution in [1.29, 1.82) is 0 Å². The van der Waals surface area contributed by atoms with E-state index in [1.54, 1.807) is 24.3 Å². The van der Waals surface area contributed by atoms with Crippen LogP contribution < -0.4 is 4.90 Å². The fourth-order valence-corrected chi connectivity index (χ4v) is 2.73. The van der Waals surface area contributed by atoms with E-state index in [0.29, 0.717) is 6.61 Å². The van der Waals surface area contributed by atoms with Gasteiger partial charge in [0.05, 0.1) is 19.4 Å². The van der Waals surface area contributed by atoms with Crippen molar-refractivity contribution in [2.24, 2.45) is 0 Å². The Labute approximate surface area is 97.7 Å². The zero-order chi connectivity index (χ0) is 11.5. The van der Waals surface area contributed by atoms with Gasteiger partial charge >= 0.3 is 6.09 Å². The van der Waals surface area contributed by atoms with Gasteiger partial charge in [0.1, 0.15) is 10.4 Å². The Bertz CT molecular complexity index is 399. The molecule has 1 unspecified atom stereocenters. The van der Waals surface area contributed by atoms with Crippen LogP contribution in [0.4, 0.5) is 10.5 Å². The van der Waals surface area contributed by atoms with Gasteiger partial charge in [0.25, 0.3) is 0 Å². The van der Waals surface area contributed by atoms with E-state index in [1.165, 1.54) is 18.9 Å². The van der Waals surface area contributed by atoms with Crippen molar-refractivity contribution in [1.82, 2.24) is 4.98 Å². The lowest BCUT2D eigenvalue weighted by molar-refractivity contribution is 0.167. The third-order valence-corrected chi connectivity index (χ3v) is 3.38. The number of hydrogen-bond acceptors (Lipinski definition) is 5. The molecule has 0 aromatic carbocycles. The Hall–Kier alpha value is -1.27. The summed E-state index contributed by atoms with van der Waals surface area (Å²) < 4.78 is 9.84.